The SMILES string of the molecule is CN1CCN(C(=O)c2cc(-c3cnc(Oc4ccccc4)nc3)[nH]n2)CC1. The fraction of sp³-hybridized carbons (Fsp3) is 0.263. The van der Waals surface area contributed by atoms with Crippen molar-refractivity contribution in [3.63, 3.8) is 0 Å². The first-order chi connectivity index (χ1) is 13.2. The van der Waals surface area contributed by atoms with E-state index in [1.54, 1.807) is 18.5 Å². The van der Waals surface area contributed by atoms with Gasteiger partial charge in [0, 0.05) is 44.1 Å². The minimum absolute atomic E-state index is 0.0597. The molecule has 0 atom stereocenters. The Bertz CT molecular complexity index is 901. The number of likely N-dealkylation sites (N-methyl/N-ethyl adjacent to an activating group) is 1. The maximum atomic E-state index is 12.6. The highest BCUT2D eigenvalue weighted by Gasteiger charge is 2.22. The van der Waals surface area contributed by atoms with Gasteiger partial charge in [-0.15, -0.1) is 0 Å². The number of para-hydroxylation sites is 1. The van der Waals surface area contributed by atoms with Crippen LogP contribution in [0.2, 0.25) is 0 Å². The first-order valence-electron chi connectivity index (χ1n) is 8.77. The van der Waals surface area contributed by atoms with Crippen LogP contribution in [0.5, 0.6) is 11.8 Å². The van der Waals surface area contributed by atoms with E-state index in [1.807, 2.05) is 35.2 Å². The summed E-state index contributed by atoms with van der Waals surface area (Å²) in [6.07, 6.45) is 3.28. The van der Waals surface area contributed by atoms with Crippen LogP contribution in [0.1, 0.15) is 10.5 Å². The highest BCUT2D eigenvalue weighted by molar-refractivity contribution is 5.93. The van der Waals surface area contributed by atoms with Crippen LogP contribution in [-0.4, -0.2) is 69.1 Å². The van der Waals surface area contributed by atoms with Crippen LogP contribution in [0.15, 0.2) is 48.8 Å². The zero-order valence-corrected chi connectivity index (χ0v) is 15.0. The number of ether oxygens (including phenoxy) is 1. The molecule has 1 aliphatic rings. The molecule has 0 spiro atoms. The van der Waals surface area contributed by atoms with E-state index in [9.17, 15) is 4.79 Å². The Kier molecular flexibility index (Phi) is 4.80. The zero-order valence-electron chi connectivity index (χ0n) is 15.0. The van der Waals surface area contributed by atoms with Crippen LogP contribution in [0.4, 0.5) is 0 Å². The number of H-pyrrole nitrogens is 1. The third kappa shape index (κ3) is 3.95. The summed E-state index contributed by atoms with van der Waals surface area (Å²) in [5, 5.41) is 7.05. The van der Waals surface area contributed by atoms with Gasteiger partial charge in [-0.1, -0.05) is 18.2 Å². The van der Waals surface area contributed by atoms with Crippen LogP contribution in [-0.2, 0) is 0 Å². The number of aromatic nitrogens is 4. The minimum atomic E-state index is -0.0597. The fourth-order valence-corrected chi connectivity index (χ4v) is 2.85. The normalized spacial score (nSPS) is 14.9. The second-order valence-corrected chi connectivity index (χ2v) is 6.43. The van der Waals surface area contributed by atoms with Gasteiger partial charge in [0.05, 0.1) is 5.69 Å². The summed E-state index contributed by atoms with van der Waals surface area (Å²) in [5.41, 5.74) is 1.83. The van der Waals surface area contributed by atoms with Crippen LogP contribution >= 0.6 is 0 Å². The van der Waals surface area contributed by atoms with Crippen LogP contribution in [0.25, 0.3) is 11.3 Å². The van der Waals surface area contributed by atoms with Gasteiger partial charge in [-0.25, -0.2) is 9.97 Å². The number of hydrogen-bond acceptors (Lipinski definition) is 6. The van der Waals surface area contributed by atoms with E-state index in [2.05, 4.69) is 32.1 Å². The molecule has 1 amide bonds. The molecule has 0 bridgehead atoms. The maximum absolute atomic E-state index is 12.6. The molecule has 0 radical (unpaired) electrons. The van der Waals surface area contributed by atoms with Crippen LogP contribution < -0.4 is 4.74 Å². The van der Waals surface area contributed by atoms with Crippen molar-refractivity contribution in [1.29, 1.82) is 0 Å². The van der Waals surface area contributed by atoms with E-state index in [4.69, 9.17) is 4.74 Å². The summed E-state index contributed by atoms with van der Waals surface area (Å²) in [5.74, 6) is 0.613. The molecule has 8 heteroatoms. The summed E-state index contributed by atoms with van der Waals surface area (Å²) < 4.78 is 5.59. The molecule has 1 N–H and O–H groups in total. The van der Waals surface area contributed by atoms with E-state index in [0.717, 1.165) is 18.7 Å². The largest absolute Gasteiger partial charge is 0.424 e. The molecule has 0 saturated carbocycles. The molecule has 1 aliphatic heterocycles. The Balaban J connectivity index is 1.44. The molecule has 1 saturated heterocycles. The number of nitrogens with zero attached hydrogens (tertiary/aromatic N) is 5. The van der Waals surface area contributed by atoms with Crippen molar-refractivity contribution in [2.75, 3.05) is 33.2 Å². The average molecular weight is 364 g/mol. The van der Waals surface area contributed by atoms with Crippen molar-refractivity contribution >= 4 is 5.91 Å². The second-order valence-electron chi connectivity index (χ2n) is 6.43. The zero-order chi connectivity index (χ0) is 18.6. The Labute approximate surface area is 156 Å². The molecule has 0 unspecified atom stereocenters. The van der Waals surface area contributed by atoms with Gasteiger partial charge >= 0.3 is 6.01 Å². The number of carbonyl (C=O) groups excluding carboxylic acids is 1. The van der Waals surface area contributed by atoms with Gasteiger partial charge < -0.3 is 14.5 Å². The summed E-state index contributed by atoms with van der Waals surface area (Å²) >= 11 is 0. The second kappa shape index (κ2) is 7.55. The molecular weight excluding hydrogens is 344 g/mol. The minimum Gasteiger partial charge on any atom is -0.424 e. The number of nitrogens with one attached hydrogen (secondary N) is 1. The predicted molar refractivity (Wildman–Crippen MR) is 99.5 cm³/mol. The van der Waals surface area contributed by atoms with Crippen molar-refractivity contribution in [3.8, 4) is 23.0 Å². The van der Waals surface area contributed by atoms with Gasteiger partial charge in [-0.2, -0.15) is 5.10 Å². The van der Waals surface area contributed by atoms with Crippen molar-refractivity contribution in [2.45, 2.75) is 0 Å². The van der Waals surface area contributed by atoms with Crippen LogP contribution in [0, 0.1) is 0 Å². The Hall–Kier alpha value is -3.26. The monoisotopic (exact) mass is 364 g/mol. The van der Waals surface area contributed by atoms with Gasteiger partial charge in [-0.05, 0) is 25.2 Å². The molecule has 27 heavy (non-hydrogen) atoms. The summed E-state index contributed by atoms with van der Waals surface area (Å²) in [6.45, 7) is 3.18. The molecule has 2 aromatic heterocycles. The average Bonchev–Trinajstić information content (AvgIpc) is 3.20. The Morgan fingerprint density at radius 2 is 1.78 bits per heavy atom. The number of benzene rings is 1. The van der Waals surface area contributed by atoms with Crippen molar-refractivity contribution < 1.29 is 9.53 Å². The van der Waals surface area contributed by atoms with Gasteiger partial charge in [0.25, 0.3) is 5.91 Å². The maximum Gasteiger partial charge on any atom is 0.321 e. The smallest absolute Gasteiger partial charge is 0.321 e. The number of aromatic amines is 1. The summed E-state index contributed by atoms with van der Waals surface area (Å²) in [7, 11) is 2.06. The lowest BCUT2D eigenvalue weighted by atomic mass is 10.2. The highest BCUT2D eigenvalue weighted by atomic mass is 16.5. The van der Waals surface area contributed by atoms with Gasteiger partial charge in [-0.3, -0.25) is 9.89 Å². The third-order valence-corrected chi connectivity index (χ3v) is 4.48. The van der Waals surface area contributed by atoms with Gasteiger partial charge in [0.2, 0.25) is 0 Å². The summed E-state index contributed by atoms with van der Waals surface area (Å²) in [6, 6.07) is 11.3. The molecule has 3 aromatic rings. The predicted octanol–water partition coefficient (Wildman–Crippen LogP) is 2.05. The topological polar surface area (TPSA) is 87.2 Å². The van der Waals surface area contributed by atoms with Crippen molar-refractivity contribution in [1.82, 2.24) is 30.0 Å². The number of piperazine rings is 1. The van der Waals surface area contributed by atoms with Crippen LogP contribution in [0.3, 0.4) is 0 Å². The summed E-state index contributed by atoms with van der Waals surface area (Å²) in [4.78, 5) is 25.1. The van der Waals surface area contributed by atoms with Crippen molar-refractivity contribution in [3.05, 3.63) is 54.5 Å². The molecule has 1 aromatic carbocycles. The van der Waals surface area contributed by atoms with Crippen molar-refractivity contribution in [2.24, 2.45) is 0 Å². The van der Waals surface area contributed by atoms with Gasteiger partial charge in [0.15, 0.2) is 5.69 Å². The number of carbonyl (C=O) groups is 1. The standard InChI is InChI=1S/C19H20N6O2/c1-24-7-9-25(10-8-24)18(26)17-11-16(22-23-17)14-12-20-19(21-13-14)27-15-5-3-2-4-6-15/h2-6,11-13H,7-10H2,1H3,(H,22,23). The van der Waals surface area contributed by atoms with E-state index in [-0.39, 0.29) is 11.9 Å². The molecule has 4 rings (SSSR count). The Morgan fingerprint density at radius 3 is 2.48 bits per heavy atom. The lowest BCUT2D eigenvalue weighted by Crippen LogP contribution is -2.47. The number of rotatable bonds is 4. The lowest BCUT2D eigenvalue weighted by molar-refractivity contribution is 0.0658. The van der Waals surface area contributed by atoms with E-state index >= 15 is 0 Å². The molecule has 1 fully saturated rings. The van der Waals surface area contributed by atoms with E-state index in [0.29, 0.717) is 30.2 Å². The first-order valence-corrected chi connectivity index (χ1v) is 8.77. The fourth-order valence-electron chi connectivity index (χ4n) is 2.85. The quantitative estimate of drug-likeness (QED) is 0.762. The molecule has 138 valence electrons. The number of hydrogen-bond donors (Lipinski definition) is 1. The lowest BCUT2D eigenvalue weighted by Gasteiger charge is -2.31. The first kappa shape index (κ1) is 17.2. The van der Waals surface area contributed by atoms with Gasteiger partial charge in [0.1, 0.15) is 5.75 Å². The molecule has 3 heterocycles. The molecular formula is C19H20N6O2. The Morgan fingerprint density at radius 1 is 1.07 bits per heavy atom. The number of amides is 1. The third-order valence-electron chi connectivity index (χ3n) is 4.48. The van der Waals surface area contributed by atoms with E-state index < -0.39 is 0 Å². The molecule has 0 aliphatic carbocycles. The molecule has 8 nitrogen and oxygen atoms in total. The highest BCUT2D eigenvalue weighted by Crippen LogP contribution is 2.21. The van der Waals surface area contributed by atoms with E-state index in [1.165, 1.54) is 0 Å².